The zero-order valence-corrected chi connectivity index (χ0v) is 18.1. The van der Waals surface area contributed by atoms with Crippen LogP contribution in [0.25, 0.3) is 0 Å². The molecule has 3 N–H and O–H groups in total. The molecule has 1 aliphatic carbocycles. The van der Waals surface area contributed by atoms with Crippen LogP contribution in [-0.2, 0) is 4.74 Å². The van der Waals surface area contributed by atoms with E-state index in [9.17, 15) is 5.11 Å². The van der Waals surface area contributed by atoms with E-state index in [0.717, 1.165) is 38.6 Å². The van der Waals surface area contributed by atoms with Crippen LogP contribution in [0.4, 0.5) is 0 Å². The summed E-state index contributed by atoms with van der Waals surface area (Å²) in [6, 6.07) is 0. The Morgan fingerprint density at radius 2 is 1.92 bits per heavy atom. The smallest absolute Gasteiger partial charge is 0.191 e. The predicted octanol–water partition coefficient (Wildman–Crippen LogP) is 3.17. The fourth-order valence-electron chi connectivity index (χ4n) is 3.18. The van der Waals surface area contributed by atoms with Gasteiger partial charge in [0.2, 0.25) is 0 Å². The number of hydrogen-bond donors (Lipinski definition) is 3. The van der Waals surface area contributed by atoms with Crippen LogP contribution in [0.15, 0.2) is 4.99 Å². The van der Waals surface area contributed by atoms with Gasteiger partial charge in [0.25, 0.3) is 0 Å². The third kappa shape index (κ3) is 10.0. The summed E-state index contributed by atoms with van der Waals surface area (Å²) in [6.07, 6.45) is 7.10. The highest BCUT2D eigenvalue weighted by atomic mass is 127. The predicted molar refractivity (Wildman–Crippen MR) is 112 cm³/mol. The minimum Gasteiger partial charge on any atom is -0.396 e. The Kier molecular flexibility index (Phi) is 14.1. The molecular formula is C18H38IN3O2. The Morgan fingerprint density at radius 3 is 2.50 bits per heavy atom. The molecule has 1 aliphatic rings. The third-order valence-corrected chi connectivity index (χ3v) is 4.46. The van der Waals surface area contributed by atoms with Crippen LogP contribution in [0, 0.1) is 11.3 Å². The Morgan fingerprint density at radius 1 is 1.21 bits per heavy atom. The summed E-state index contributed by atoms with van der Waals surface area (Å²) < 4.78 is 5.60. The first kappa shape index (κ1) is 23.9. The summed E-state index contributed by atoms with van der Waals surface area (Å²) in [4.78, 5) is 4.79. The first-order chi connectivity index (χ1) is 11.1. The molecule has 5 nitrogen and oxygen atoms in total. The SMILES string of the molecule is CCNC(=NCC1(CCO)CCCCC1)NCCOCC(C)C.I. The summed E-state index contributed by atoms with van der Waals surface area (Å²) in [7, 11) is 0. The average Bonchev–Trinajstić information content (AvgIpc) is 2.53. The van der Waals surface area contributed by atoms with Crippen molar-refractivity contribution in [3.63, 3.8) is 0 Å². The van der Waals surface area contributed by atoms with E-state index in [-0.39, 0.29) is 36.0 Å². The Hall–Kier alpha value is -0.0800. The van der Waals surface area contributed by atoms with Crippen molar-refractivity contribution < 1.29 is 9.84 Å². The quantitative estimate of drug-likeness (QED) is 0.205. The molecule has 0 aliphatic heterocycles. The summed E-state index contributed by atoms with van der Waals surface area (Å²) >= 11 is 0. The van der Waals surface area contributed by atoms with Crippen molar-refractivity contribution in [1.82, 2.24) is 10.6 Å². The van der Waals surface area contributed by atoms with Crippen molar-refractivity contribution >= 4 is 29.9 Å². The van der Waals surface area contributed by atoms with Crippen molar-refractivity contribution in [2.45, 2.75) is 59.3 Å². The molecular weight excluding hydrogens is 417 g/mol. The van der Waals surface area contributed by atoms with Gasteiger partial charge in [0.05, 0.1) is 6.61 Å². The lowest BCUT2D eigenvalue weighted by Crippen LogP contribution is -2.40. The molecule has 0 unspecified atom stereocenters. The van der Waals surface area contributed by atoms with Gasteiger partial charge in [-0.15, -0.1) is 24.0 Å². The lowest BCUT2D eigenvalue weighted by Gasteiger charge is -2.35. The molecule has 1 saturated carbocycles. The summed E-state index contributed by atoms with van der Waals surface area (Å²) in [6.45, 7) is 10.6. The van der Waals surface area contributed by atoms with Gasteiger partial charge >= 0.3 is 0 Å². The molecule has 0 saturated heterocycles. The first-order valence-corrected chi connectivity index (χ1v) is 9.32. The van der Waals surface area contributed by atoms with Crippen LogP contribution >= 0.6 is 24.0 Å². The molecule has 0 aromatic heterocycles. The lowest BCUT2D eigenvalue weighted by molar-refractivity contribution is 0.114. The lowest BCUT2D eigenvalue weighted by atomic mass is 9.72. The van der Waals surface area contributed by atoms with Crippen molar-refractivity contribution in [1.29, 1.82) is 0 Å². The summed E-state index contributed by atoms with van der Waals surface area (Å²) in [5.41, 5.74) is 0.198. The van der Waals surface area contributed by atoms with E-state index in [2.05, 4.69) is 31.4 Å². The molecule has 0 amide bonds. The molecule has 0 aromatic carbocycles. The summed E-state index contributed by atoms with van der Waals surface area (Å²) in [5.74, 6) is 1.44. The maximum Gasteiger partial charge on any atom is 0.191 e. The molecule has 0 radical (unpaired) electrons. The zero-order chi connectivity index (χ0) is 17.0. The molecule has 0 spiro atoms. The van der Waals surface area contributed by atoms with E-state index in [1.165, 1.54) is 32.1 Å². The van der Waals surface area contributed by atoms with Gasteiger partial charge in [-0.05, 0) is 37.5 Å². The first-order valence-electron chi connectivity index (χ1n) is 9.32. The van der Waals surface area contributed by atoms with Gasteiger partial charge < -0.3 is 20.5 Å². The minimum atomic E-state index is 0. The maximum absolute atomic E-state index is 9.40. The molecule has 0 heterocycles. The Balaban J connectivity index is 0.00000529. The Labute approximate surface area is 165 Å². The number of nitrogens with zero attached hydrogens (tertiary/aromatic N) is 1. The van der Waals surface area contributed by atoms with Crippen LogP contribution < -0.4 is 10.6 Å². The number of guanidine groups is 1. The van der Waals surface area contributed by atoms with E-state index in [1.807, 2.05) is 0 Å². The van der Waals surface area contributed by atoms with Gasteiger partial charge in [0.15, 0.2) is 5.96 Å². The van der Waals surface area contributed by atoms with E-state index in [4.69, 9.17) is 9.73 Å². The number of hydrogen-bond acceptors (Lipinski definition) is 3. The van der Waals surface area contributed by atoms with Crippen LogP contribution in [0.5, 0.6) is 0 Å². The van der Waals surface area contributed by atoms with Crippen LogP contribution in [0.1, 0.15) is 59.3 Å². The monoisotopic (exact) mass is 455 g/mol. The highest BCUT2D eigenvalue weighted by Crippen LogP contribution is 2.39. The normalized spacial score (nSPS) is 17.5. The van der Waals surface area contributed by atoms with Gasteiger partial charge in [-0.3, -0.25) is 4.99 Å². The molecule has 0 atom stereocenters. The van der Waals surface area contributed by atoms with Gasteiger partial charge in [-0.2, -0.15) is 0 Å². The number of aliphatic hydroxyl groups is 1. The molecule has 0 aromatic rings. The number of nitrogens with one attached hydrogen (secondary N) is 2. The second-order valence-electron chi connectivity index (χ2n) is 7.12. The molecule has 6 heteroatoms. The molecule has 1 rings (SSSR count). The second-order valence-corrected chi connectivity index (χ2v) is 7.12. The highest BCUT2D eigenvalue weighted by Gasteiger charge is 2.31. The van der Waals surface area contributed by atoms with Crippen LogP contribution in [-0.4, -0.2) is 50.5 Å². The number of halogens is 1. The number of aliphatic imine (C=N–C) groups is 1. The fourth-order valence-corrected chi connectivity index (χ4v) is 3.18. The minimum absolute atomic E-state index is 0. The summed E-state index contributed by atoms with van der Waals surface area (Å²) in [5, 5.41) is 16.0. The van der Waals surface area contributed by atoms with Gasteiger partial charge in [0, 0.05) is 32.8 Å². The molecule has 144 valence electrons. The topological polar surface area (TPSA) is 65.9 Å². The highest BCUT2D eigenvalue weighted by molar-refractivity contribution is 14.0. The molecule has 24 heavy (non-hydrogen) atoms. The molecule has 1 fully saturated rings. The second kappa shape index (κ2) is 14.1. The van der Waals surface area contributed by atoms with Gasteiger partial charge in [-0.25, -0.2) is 0 Å². The van der Waals surface area contributed by atoms with Gasteiger partial charge in [0.1, 0.15) is 0 Å². The largest absolute Gasteiger partial charge is 0.396 e. The van der Waals surface area contributed by atoms with E-state index >= 15 is 0 Å². The molecule has 0 bridgehead atoms. The van der Waals surface area contributed by atoms with Crippen LogP contribution in [0.3, 0.4) is 0 Å². The number of aliphatic hydroxyl groups excluding tert-OH is 1. The van der Waals surface area contributed by atoms with E-state index < -0.39 is 0 Å². The van der Waals surface area contributed by atoms with Crippen molar-refractivity contribution in [3.8, 4) is 0 Å². The number of rotatable bonds is 10. The average molecular weight is 455 g/mol. The maximum atomic E-state index is 9.40. The van der Waals surface area contributed by atoms with Gasteiger partial charge in [-0.1, -0.05) is 33.1 Å². The number of ether oxygens (including phenoxy) is 1. The van der Waals surface area contributed by atoms with E-state index in [0.29, 0.717) is 12.5 Å². The third-order valence-electron chi connectivity index (χ3n) is 4.46. The van der Waals surface area contributed by atoms with Crippen LogP contribution in [0.2, 0.25) is 0 Å². The zero-order valence-electron chi connectivity index (χ0n) is 15.8. The fraction of sp³-hybridized carbons (Fsp3) is 0.944. The van der Waals surface area contributed by atoms with Crippen molar-refractivity contribution in [3.05, 3.63) is 0 Å². The standard InChI is InChI=1S/C18H37N3O2.HI/c1-4-19-17(20-11-13-23-14-16(2)3)21-15-18(10-12-22)8-6-5-7-9-18;/h16,22H,4-15H2,1-3H3,(H2,19,20,21);1H. The van der Waals surface area contributed by atoms with Crippen molar-refractivity contribution in [2.24, 2.45) is 16.3 Å². The van der Waals surface area contributed by atoms with E-state index in [1.54, 1.807) is 0 Å². The van der Waals surface area contributed by atoms with Crippen molar-refractivity contribution in [2.75, 3.05) is 39.5 Å². The Bertz CT molecular complexity index is 327.